The van der Waals surface area contributed by atoms with Gasteiger partial charge in [0.1, 0.15) is 6.04 Å². The summed E-state index contributed by atoms with van der Waals surface area (Å²) in [5, 5.41) is 7.85. The second kappa shape index (κ2) is 11.0. The van der Waals surface area contributed by atoms with E-state index in [-0.39, 0.29) is 6.61 Å². The van der Waals surface area contributed by atoms with E-state index in [4.69, 9.17) is 25.9 Å². The summed E-state index contributed by atoms with van der Waals surface area (Å²) in [4.78, 5) is 30.4. The first-order chi connectivity index (χ1) is 14.5. The molecule has 1 aliphatic heterocycles. The average Bonchev–Trinajstić information content (AvgIpc) is 3.13. The number of carbonyl (C=O) groups excluding carboxylic acids is 2. The van der Waals surface area contributed by atoms with Crippen molar-refractivity contribution in [2.75, 3.05) is 37.2 Å². The van der Waals surface area contributed by atoms with Crippen molar-refractivity contribution in [2.45, 2.75) is 18.9 Å². The monoisotopic (exact) mass is 517 g/mol. The molecule has 11 heteroatoms. The van der Waals surface area contributed by atoms with Crippen LogP contribution in [0.5, 0.6) is 5.06 Å². The molecule has 2 aromatic rings. The van der Waals surface area contributed by atoms with Crippen molar-refractivity contribution < 1.29 is 23.9 Å². The third-order valence-corrected chi connectivity index (χ3v) is 5.97. The van der Waals surface area contributed by atoms with E-state index >= 15 is 0 Å². The van der Waals surface area contributed by atoms with Gasteiger partial charge >= 0.3 is 6.09 Å². The number of anilines is 2. The van der Waals surface area contributed by atoms with Crippen molar-refractivity contribution in [1.29, 1.82) is 0 Å². The highest BCUT2D eigenvalue weighted by Gasteiger charge is 2.23. The van der Waals surface area contributed by atoms with Gasteiger partial charge in [-0.2, -0.15) is 0 Å². The van der Waals surface area contributed by atoms with E-state index in [0.717, 1.165) is 28.9 Å². The third kappa shape index (κ3) is 6.32. The molecule has 1 aromatic heterocycles. The number of ether oxygens (including phenoxy) is 2. The van der Waals surface area contributed by atoms with Crippen molar-refractivity contribution >= 4 is 62.2 Å². The van der Waals surface area contributed by atoms with Crippen LogP contribution in [0.3, 0.4) is 0 Å². The number of rotatable bonds is 7. The van der Waals surface area contributed by atoms with Crippen LogP contribution in [0, 0.1) is 0 Å². The van der Waals surface area contributed by atoms with Crippen molar-refractivity contribution in [2.24, 2.45) is 0 Å². The normalized spacial score (nSPS) is 14.8. The molecule has 1 aliphatic rings. The van der Waals surface area contributed by atoms with Gasteiger partial charge in [0.25, 0.3) is 0 Å². The largest absolute Gasteiger partial charge is 0.414 e. The molecular formula is C19H21BrClN3O5S. The molecule has 2 amide bonds. The van der Waals surface area contributed by atoms with Crippen molar-refractivity contribution in [1.82, 2.24) is 5.32 Å². The number of halogens is 2. The topological polar surface area (TPSA) is 89.1 Å². The summed E-state index contributed by atoms with van der Waals surface area (Å²) >= 11 is 10.9. The molecule has 0 bridgehead atoms. The second-order valence-corrected chi connectivity index (χ2v) is 9.23. The molecule has 2 N–H and O–H groups in total. The Labute approximate surface area is 191 Å². The molecule has 1 aromatic carbocycles. The lowest BCUT2D eigenvalue weighted by molar-refractivity contribution is -0.119. The molecule has 0 saturated carbocycles. The maximum Gasteiger partial charge on any atom is 0.414 e. The zero-order chi connectivity index (χ0) is 21.5. The zero-order valence-corrected chi connectivity index (χ0v) is 19.3. The van der Waals surface area contributed by atoms with E-state index in [9.17, 15) is 9.59 Å². The molecule has 2 heterocycles. The van der Waals surface area contributed by atoms with Crippen LogP contribution in [0.15, 0.2) is 34.1 Å². The fourth-order valence-electron chi connectivity index (χ4n) is 2.77. The predicted molar refractivity (Wildman–Crippen MR) is 119 cm³/mol. The van der Waals surface area contributed by atoms with Gasteiger partial charge in [0.2, 0.25) is 5.91 Å². The molecule has 0 aliphatic carbocycles. The summed E-state index contributed by atoms with van der Waals surface area (Å²) in [6.07, 6.45) is 1.29. The molecule has 1 atom stereocenters. The maximum absolute atomic E-state index is 12.6. The molecule has 162 valence electrons. The van der Waals surface area contributed by atoms with Gasteiger partial charge in [-0.05, 0) is 59.1 Å². The molecule has 8 nitrogen and oxygen atoms in total. The van der Waals surface area contributed by atoms with Gasteiger partial charge in [0.15, 0.2) is 5.06 Å². The Hall–Kier alpha value is -1.85. The fraction of sp³-hybridized carbons (Fsp3) is 0.368. The Bertz CT molecular complexity index is 891. The third-order valence-electron chi connectivity index (χ3n) is 4.17. The zero-order valence-electron chi connectivity index (χ0n) is 16.2. The summed E-state index contributed by atoms with van der Waals surface area (Å²) in [5.41, 5.74) is 1.23. The number of hydrogen-bond acceptors (Lipinski definition) is 7. The molecular weight excluding hydrogens is 498 g/mol. The van der Waals surface area contributed by atoms with Crippen LogP contribution in [0.2, 0.25) is 5.02 Å². The number of amides is 2. The van der Waals surface area contributed by atoms with Gasteiger partial charge in [0.05, 0.1) is 27.7 Å². The smallest absolute Gasteiger partial charge is 0.399 e. The van der Waals surface area contributed by atoms with Crippen LogP contribution in [0.25, 0.3) is 0 Å². The van der Waals surface area contributed by atoms with Crippen molar-refractivity contribution in [3.05, 3.63) is 39.1 Å². The standard InChI is InChI=1S/C19H21BrClN3O5S/c1-27-11-14(23-19(26)29-17-7-6-16(20)30-17)18(25)22-12-4-5-15(13(21)10-12)24-8-2-3-9-28-24/h4-7,10,14H,2-3,8-9,11H2,1H3,(H,22,25)(H,23,26)/t14-/m1/s1. The number of hydroxylamine groups is 1. The summed E-state index contributed by atoms with van der Waals surface area (Å²) < 4.78 is 11.1. The first-order valence-electron chi connectivity index (χ1n) is 9.20. The van der Waals surface area contributed by atoms with E-state index in [2.05, 4.69) is 26.6 Å². The lowest BCUT2D eigenvalue weighted by atomic mass is 10.2. The average molecular weight is 519 g/mol. The number of benzene rings is 1. The van der Waals surface area contributed by atoms with Gasteiger partial charge in [-0.3, -0.25) is 14.7 Å². The van der Waals surface area contributed by atoms with Crippen LogP contribution in [0.4, 0.5) is 16.2 Å². The summed E-state index contributed by atoms with van der Waals surface area (Å²) in [7, 11) is 1.44. The van der Waals surface area contributed by atoms with E-state index < -0.39 is 18.0 Å². The van der Waals surface area contributed by atoms with E-state index in [1.54, 1.807) is 35.4 Å². The minimum atomic E-state index is -0.949. The maximum atomic E-state index is 12.6. The Morgan fingerprint density at radius 1 is 1.33 bits per heavy atom. The fourth-order valence-corrected chi connectivity index (χ4v) is 4.24. The number of methoxy groups -OCH3 is 1. The minimum Gasteiger partial charge on any atom is -0.399 e. The van der Waals surface area contributed by atoms with Crippen LogP contribution in [-0.4, -0.2) is 44.9 Å². The Morgan fingerprint density at radius 2 is 2.17 bits per heavy atom. The minimum absolute atomic E-state index is 0.0253. The van der Waals surface area contributed by atoms with Crippen LogP contribution in [-0.2, 0) is 14.4 Å². The number of thiophene rings is 1. The number of carbonyl (C=O) groups is 2. The molecule has 1 fully saturated rings. The predicted octanol–water partition coefficient (Wildman–Crippen LogP) is 4.44. The quantitative estimate of drug-likeness (QED) is 0.563. The lowest BCUT2D eigenvalue weighted by Gasteiger charge is -2.28. The van der Waals surface area contributed by atoms with Gasteiger partial charge in [0, 0.05) is 19.3 Å². The Balaban J connectivity index is 1.61. The van der Waals surface area contributed by atoms with Crippen LogP contribution >= 0.6 is 38.9 Å². The number of nitrogens with zero attached hydrogens (tertiary/aromatic N) is 1. The van der Waals surface area contributed by atoms with Gasteiger partial charge in [-0.25, -0.2) is 4.79 Å². The molecule has 1 saturated heterocycles. The molecule has 0 radical (unpaired) electrons. The molecule has 30 heavy (non-hydrogen) atoms. The SMILES string of the molecule is COC[C@@H](NC(=O)Oc1ccc(Br)s1)C(=O)Nc1ccc(N2CCCCO2)c(Cl)c1. The lowest BCUT2D eigenvalue weighted by Crippen LogP contribution is -2.47. The van der Waals surface area contributed by atoms with Gasteiger partial charge < -0.3 is 20.1 Å². The first kappa shape index (κ1) is 22.8. The first-order valence-corrected chi connectivity index (χ1v) is 11.2. The molecule has 3 rings (SSSR count). The van der Waals surface area contributed by atoms with Crippen LogP contribution < -0.4 is 20.4 Å². The second-order valence-electron chi connectivity index (χ2n) is 6.40. The highest BCUT2D eigenvalue weighted by molar-refractivity contribution is 9.11. The summed E-state index contributed by atoms with van der Waals surface area (Å²) in [5.74, 6) is -0.459. The van der Waals surface area contributed by atoms with E-state index in [0.29, 0.717) is 22.4 Å². The Morgan fingerprint density at radius 3 is 2.80 bits per heavy atom. The Kier molecular flexibility index (Phi) is 8.34. The number of hydrogen-bond donors (Lipinski definition) is 2. The highest BCUT2D eigenvalue weighted by atomic mass is 79.9. The summed E-state index contributed by atoms with van der Waals surface area (Å²) in [6.45, 7) is 1.38. The van der Waals surface area contributed by atoms with Crippen molar-refractivity contribution in [3.8, 4) is 5.06 Å². The van der Waals surface area contributed by atoms with E-state index in [1.807, 2.05) is 0 Å². The van der Waals surface area contributed by atoms with Crippen LogP contribution in [0.1, 0.15) is 12.8 Å². The van der Waals surface area contributed by atoms with Gasteiger partial charge in [-0.15, -0.1) is 0 Å². The molecule has 0 spiro atoms. The van der Waals surface area contributed by atoms with E-state index in [1.165, 1.54) is 18.4 Å². The summed E-state index contributed by atoms with van der Waals surface area (Å²) in [6, 6.07) is 7.60. The highest BCUT2D eigenvalue weighted by Crippen LogP contribution is 2.31. The van der Waals surface area contributed by atoms with Gasteiger partial charge in [-0.1, -0.05) is 22.9 Å². The van der Waals surface area contributed by atoms with Crippen molar-refractivity contribution in [3.63, 3.8) is 0 Å². The molecule has 0 unspecified atom stereocenters. The number of nitrogens with one attached hydrogen (secondary N) is 2.